The topological polar surface area (TPSA) is 73.1 Å². The molecule has 2 atom stereocenters. The first-order chi connectivity index (χ1) is 8.85. The van der Waals surface area contributed by atoms with Crippen LogP contribution in [-0.2, 0) is 11.2 Å². The fourth-order valence-electron chi connectivity index (χ4n) is 2.41. The van der Waals surface area contributed by atoms with Gasteiger partial charge in [-0.25, -0.2) is 0 Å². The molecule has 0 bridgehead atoms. The lowest BCUT2D eigenvalue weighted by Crippen LogP contribution is -2.29. The fraction of sp³-hybridized carbons (Fsp3) is 0.833. The van der Waals surface area contributed by atoms with E-state index < -0.39 is 0 Å². The van der Waals surface area contributed by atoms with Crippen LogP contribution < -0.4 is 11.3 Å². The van der Waals surface area contributed by atoms with Crippen LogP contribution in [0.25, 0.3) is 0 Å². The minimum Gasteiger partial charge on any atom is -0.378 e. The van der Waals surface area contributed by atoms with Crippen LogP contribution in [0.2, 0.25) is 0 Å². The van der Waals surface area contributed by atoms with Gasteiger partial charge in [0.25, 0.3) is 0 Å². The molecule has 1 aliphatic heterocycles. The molecule has 1 aromatic rings. The predicted octanol–water partition coefficient (Wildman–Crippen LogP) is 1.95. The molecule has 18 heavy (non-hydrogen) atoms. The summed E-state index contributed by atoms with van der Waals surface area (Å²) in [7, 11) is 0. The third-order valence-electron chi connectivity index (χ3n) is 3.39. The summed E-state index contributed by atoms with van der Waals surface area (Å²) < 4.78 is 9.70. The highest BCUT2D eigenvalue weighted by molar-refractivity contribution is 7.05. The molecule has 0 aromatic carbocycles. The lowest BCUT2D eigenvalue weighted by molar-refractivity contribution is 0.0997. The molecule has 3 N–H and O–H groups in total. The van der Waals surface area contributed by atoms with Crippen LogP contribution in [-0.4, -0.2) is 22.3 Å². The zero-order valence-corrected chi connectivity index (χ0v) is 11.7. The molecule has 102 valence electrons. The van der Waals surface area contributed by atoms with Crippen molar-refractivity contribution in [3.63, 3.8) is 0 Å². The van der Waals surface area contributed by atoms with Crippen LogP contribution in [0.4, 0.5) is 0 Å². The van der Waals surface area contributed by atoms with Gasteiger partial charge in [-0.15, -0.1) is 5.10 Å². The standard InChI is InChI=1S/C12H22N4OS/c1-2-4-11-12(18-16-15-11)10(14-13)7-6-9-5-3-8-17-9/h9-10,14H,2-8,13H2,1H3. The van der Waals surface area contributed by atoms with E-state index in [0.717, 1.165) is 38.0 Å². The normalized spacial score (nSPS) is 21.3. The summed E-state index contributed by atoms with van der Waals surface area (Å²) in [4.78, 5) is 1.19. The smallest absolute Gasteiger partial charge is 0.0804 e. The third kappa shape index (κ3) is 3.47. The molecule has 2 unspecified atom stereocenters. The average molecular weight is 270 g/mol. The summed E-state index contributed by atoms with van der Waals surface area (Å²) in [6.45, 7) is 3.06. The maximum Gasteiger partial charge on any atom is 0.0804 e. The van der Waals surface area contributed by atoms with Gasteiger partial charge in [0, 0.05) is 6.61 Å². The number of hydrogen-bond donors (Lipinski definition) is 2. The van der Waals surface area contributed by atoms with Crippen molar-refractivity contribution in [1.29, 1.82) is 0 Å². The minimum absolute atomic E-state index is 0.163. The summed E-state index contributed by atoms with van der Waals surface area (Å²) >= 11 is 1.46. The van der Waals surface area contributed by atoms with Crippen LogP contribution in [0.15, 0.2) is 0 Å². The Morgan fingerprint density at radius 2 is 2.50 bits per heavy atom. The molecule has 0 radical (unpaired) electrons. The first-order valence-electron chi connectivity index (χ1n) is 6.74. The van der Waals surface area contributed by atoms with Crippen molar-refractivity contribution in [2.75, 3.05) is 6.61 Å². The van der Waals surface area contributed by atoms with Gasteiger partial charge in [-0.05, 0) is 43.6 Å². The number of hydrogen-bond acceptors (Lipinski definition) is 6. The second-order valence-corrected chi connectivity index (χ2v) is 5.55. The molecular weight excluding hydrogens is 248 g/mol. The van der Waals surface area contributed by atoms with Gasteiger partial charge in [-0.3, -0.25) is 11.3 Å². The molecule has 6 heteroatoms. The number of nitrogens with zero attached hydrogens (tertiary/aromatic N) is 2. The Morgan fingerprint density at radius 1 is 1.61 bits per heavy atom. The van der Waals surface area contributed by atoms with Crippen molar-refractivity contribution in [2.24, 2.45) is 5.84 Å². The molecule has 1 aliphatic rings. The molecule has 0 aliphatic carbocycles. The van der Waals surface area contributed by atoms with Crippen molar-refractivity contribution < 1.29 is 4.74 Å². The summed E-state index contributed by atoms with van der Waals surface area (Å²) in [5.41, 5.74) is 4.00. The number of ether oxygens (including phenoxy) is 1. The van der Waals surface area contributed by atoms with Gasteiger partial charge in [0.05, 0.1) is 22.7 Å². The molecule has 1 aromatic heterocycles. The molecule has 5 nitrogen and oxygen atoms in total. The first-order valence-corrected chi connectivity index (χ1v) is 7.51. The molecule has 2 heterocycles. The maximum absolute atomic E-state index is 5.67. The zero-order valence-electron chi connectivity index (χ0n) is 10.9. The van der Waals surface area contributed by atoms with E-state index in [1.807, 2.05) is 0 Å². The van der Waals surface area contributed by atoms with Crippen molar-refractivity contribution in [2.45, 2.75) is 57.6 Å². The van der Waals surface area contributed by atoms with E-state index in [1.54, 1.807) is 0 Å². The second-order valence-electron chi connectivity index (χ2n) is 4.77. The lowest BCUT2D eigenvalue weighted by Gasteiger charge is -2.17. The van der Waals surface area contributed by atoms with Crippen LogP contribution in [0, 0.1) is 0 Å². The Labute approximate surface area is 112 Å². The van der Waals surface area contributed by atoms with E-state index in [1.165, 1.54) is 29.3 Å². The number of nitrogens with two attached hydrogens (primary N) is 1. The predicted molar refractivity (Wildman–Crippen MR) is 72.2 cm³/mol. The van der Waals surface area contributed by atoms with Crippen molar-refractivity contribution in [3.8, 4) is 0 Å². The molecule has 0 amide bonds. The van der Waals surface area contributed by atoms with Crippen LogP contribution in [0.1, 0.15) is 55.6 Å². The van der Waals surface area contributed by atoms with E-state index in [4.69, 9.17) is 10.6 Å². The first kappa shape index (κ1) is 13.9. The Kier molecular flexibility index (Phi) is 5.49. The quantitative estimate of drug-likeness (QED) is 0.585. The minimum atomic E-state index is 0.163. The largest absolute Gasteiger partial charge is 0.378 e. The summed E-state index contributed by atoms with van der Waals surface area (Å²) in [5.74, 6) is 5.67. The van der Waals surface area contributed by atoms with Gasteiger partial charge in [0.1, 0.15) is 0 Å². The van der Waals surface area contributed by atoms with E-state index in [0.29, 0.717) is 6.10 Å². The SMILES string of the molecule is CCCc1nnsc1C(CCC1CCCO1)NN. The van der Waals surface area contributed by atoms with Gasteiger partial charge in [0.2, 0.25) is 0 Å². The van der Waals surface area contributed by atoms with Crippen LogP contribution >= 0.6 is 11.5 Å². The Balaban J connectivity index is 1.91. The average Bonchev–Trinajstić information content (AvgIpc) is 3.02. The van der Waals surface area contributed by atoms with Crippen LogP contribution in [0.5, 0.6) is 0 Å². The molecular formula is C12H22N4OS. The van der Waals surface area contributed by atoms with E-state index in [-0.39, 0.29) is 6.04 Å². The van der Waals surface area contributed by atoms with E-state index in [2.05, 4.69) is 21.9 Å². The fourth-order valence-corrected chi connectivity index (χ4v) is 3.19. The molecule has 1 fully saturated rings. The lowest BCUT2D eigenvalue weighted by atomic mass is 10.0. The zero-order chi connectivity index (χ0) is 12.8. The van der Waals surface area contributed by atoms with Crippen LogP contribution in [0.3, 0.4) is 0 Å². The van der Waals surface area contributed by atoms with Gasteiger partial charge >= 0.3 is 0 Å². The van der Waals surface area contributed by atoms with Gasteiger partial charge in [0.15, 0.2) is 0 Å². The summed E-state index contributed by atoms with van der Waals surface area (Å²) in [6.07, 6.45) is 6.89. The number of aromatic nitrogens is 2. The second kappa shape index (κ2) is 7.13. The number of rotatable bonds is 7. The van der Waals surface area contributed by atoms with Crippen molar-refractivity contribution in [3.05, 3.63) is 10.6 Å². The third-order valence-corrected chi connectivity index (χ3v) is 4.27. The molecule has 0 spiro atoms. The number of aryl methyl sites for hydroxylation is 1. The molecule has 2 rings (SSSR count). The Bertz CT molecular complexity index is 352. The summed E-state index contributed by atoms with van der Waals surface area (Å²) in [5, 5.41) is 4.20. The number of nitrogens with one attached hydrogen (secondary N) is 1. The Morgan fingerprint density at radius 3 is 3.17 bits per heavy atom. The van der Waals surface area contributed by atoms with Gasteiger partial charge in [-0.1, -0.05) is 17.8 Å². The summed E-state index contributed by atoms with van der Waals surface area (Å²) in [6, 6.07) is 0.163. The van der Waals surface area contributed by atoms with Crippen molar-refractivity contribution in [1.82, 2.24) is 15.0 Å². The monoisotopic (exact) mass is 270 g/mol. The van der Waals surface area contributed by atoms with E-state index in [9.17, 15) is 0 Å². The Hall–Kier alpha value is -0.560. The van der Waals surface area contributed by atoms with Crippen molar-refractivity contribution >= 4 is 11.5 Å². The molecule has 0 saturated carbocycles. The molecule has 1 saturated heterocycles. The maximum atomic E-state index is 5.67. The van der Waals surface area contributed by atoms with Gasteiger partial charge < -0.3 is 4.74 Å². The highest BCUT2D eigenvalue weighted by Crippen LogP contribution is 2.27. The highest BCUT2D eigenvalue weighted by Gasteiger charge is 2.21. The van der Waals surface area contributed by atoms with E-state index >= 15 is 0 Å². The highest BCUT2D eigenvalue weighted by atomic mass is 32.1. The van der Waals surface area contributed by atoms with Gasteiger partial charge in [-0.2, -0.15) is 0 Å². The number of hydrazine groups is 1.